The first kappa shape index (κ1) is 14.2. The van der Waals surface area contributed by atoms with Crippen LogP contribution in [0.25, 0.3) is 0 Å². The van der Waals surface area contributed by atoms with Crippen LogP contribution >= 0.6 is 0 Å². The lowest BCUT2D eigenvalue weighted by Crippen LogP contribution is -2.44. The molecule has 4 heteroatoms. The van der Waals surface area contributed by atoms with Crippen LogP contribution in [0.3, 0.4) is 0 Å². The van der Waals surface area contributed by atoms with Crippen molar-refractivity contribution in [2.75, 3.05) is 0 Å². The zero-order chi connectivity index (χ0) is 13.2. The molecule has 0 saturated heterocycles. The van der Waals surface area contributed by atoms with E-state index in [4.69, 9.17) is 0 Å². The lowest BCUT2D eigenvalue weighted by Gasteiger charge is -2.40. The van der Waals surface area contributed by atoms with Gasteiger partial charge in [0.05, 0.1) is 6.42 Å². The average molecular weight is 263 g/mol. The topological polar surface area (TPSA) is 12.0 Å². The third-order valence-electron chi connectivity index (χ3n) is 4.60. The maximum absolute atomic E-state index is 12.3. The number of nitrogens with one attached hydrogen (secondary N) is 1. The maximum atomic E-state index is 12.3. The average Bonchev–Trinajstić information content (AvgIpc) is 2.26. The predicted molar refractivity (Wildman–Crippen MR) is 66.4 cm³/mol. The quantitative estimate of drug-likeness (QED) is 0.801. The van der Waals surface area contributed by atoms with Gasteiger partial charge in [-0.25, -0.2) is 0 Å². The minimum atomic E-state index is -4.05. The lowest BCUT2D eigenvalue weighted by atomic mass is 9.69. The predicted octanol–water partition coefficient (Wildman–Crippen LogP) is 4.28. The normalized spacial score (nSPS) is 35.0. The van der Waals surface area contributed by atoms with Crippen LogP contribution < -0.4 is 5.32 Å². The van der Waals surface area contributed by atoms with Crippen LogP contribution in [0, 0.1) is 11.8 Å². The fourth-order valence-electron chi connectivity index (χ4n) is 3.83. The molecule has 18 heavy (non-hydrogen) atoms. The van der Waals surface area contributed by atoms with Crippen molar-refractivity contribution in [3.05, 3.63) is 0 Å². The zero-order valence-corrected chi connectivity index (χ0v) is 11.1. The van der Waals surface area contributed by atoms with Crippen molar-refractivity contribution < 1.29 is 13.2 Å². The third kappa shape index (κ3) is 4.15. The molecule has 106 valence electrons. The summed E-state index contributed by atoms with van der Waals surface area (Å²) in [5, 5.41) is 3.19. The van der Waals surface area contributed by atoms with Crippen LogP contribution in [0.4, 0.5) is 13.2 Å². The minimum Gasteiger partial charge on any atom is -0.311 e. The van der Waals surface area contributed by atoms with Crippen LogP contribution in [0.5, 0.6) is 0 Å². The van der Waals surface area contributed by atoms with Gasteiger partial charge in [0.15, 0.2) is 0 Å². The molecule has 4 atom stereocenters. The molecule has 0 spiro atoms. The van der Waals surface area contributed by atoms with Crippen LogP contribution in [-0.2, 0) is 0 Å². The first-order valence-corrected chi connectivity index (χ1v) is 7.27. The Morgan fingerprint density at radius 2 is 1.72 bits per heavy atom. The Bertz CT molecular complexity index is 264. The summed E-state index contributed by atoms with van der Waals surface area (Å²) in [6.07, 6.45) is 3.89. The SMILES string of the molecule is CC(CC(F)(F)F)NC1CCC2CCCCC2C1. The Morgan fingerprint density at radius 3 is 2.39 bits per heavy atom. The first-order chi connectivity index (χ1) is 8.44. The fraction of sp³-hybridized carbons (Fsp3) is 1.00. The Balaban J connectivity index is 1.77. The Kier molecular flexibility index (Phi) is 4.57. The van der Waals surface area contributed by atoms with Gasteiger partial charge in [0.1, 0.15) is 0 Å². The van der Waals surface area contributed by atoms with E-state index in [2.05, 4.69) is 5.32 Å². The van der Waals surface area contributed by atoms with Crippen LogP contribution in [0.1, 0.15) is 58.3 Å². The summed E-state index contributed by atoms with van der Waals surface area (Å²) >= 11 is 0. The van der Waals surface area contributed by atoms with Gasteiger partial charge in [-0.3, -0.25) is 0 Å². The van der Waals surface area contributed by atoms with Crippen molar-refractivity contribution in [1.82, 2.24) is 5.32 Å². The summed E-state index contributed by atoms with van der Waals surface area (Å²) in [7, 11) is 0. The molecule has 2 fully saturated rings. The molecule has 0 radical (unpaired) electrons. The largest absolute Gasteiger partial charge is 0.390 e. The second-order valence-corrected chi connectivity index (χ2v) is 6.20. The van der Waals surface area contributed by atoms with Crippen molar-refractivity contribution in [1.29, 1.82) is 0 Å². The van der Waals surface area contributed by atoms with Gasteiger partial charge in [-0.05, 0) is 38.0 Å². The van der Waals surface area contributed by atoms with E-state index in [0.717, 1.165) is 24.7 Å². The second-order valence-electron chi connectivity index (χ2n) is 6.20. The van der Waals surface area contributed by atoms with E-state index in [9.17, 15) is 13.2 Å². The smallest absolute Gasteiger partial charge is 0.311 e. The number of hydrogen-bond donors (Lipinski definition) is 1. The van der Waals surface area contributed by atoms with Crippen molar-refractivity contribution in [3.8, 4) is 0 Å². The Hall–Kier alpha value is -0.250. The minimum absolute atomic E-state index is 0.307. The molecule has 0 aromatic carbocycles. The Labute approximate surface area is 108 Å². The molecule has 1 N–H and O–H groups in total. The molecule has 0 aromatic rings. The third-order valence-corrected chi connectivity index (χ3v) is 4.60. The molecule has 2 aliphatic carbocycles. The van der Waals surface area contributed by atoms with Crippen molar-refractivity contribution in [2.24, 2.45) is 11.8 Å². The fourth-order valence-corrected chi connectivity index (χ4v) is 3.83. The van der Waals surface area contributed by atoms with E-state index < -0.39 is 18.6 Å². The summed E-state index contributed by atoms with van der Waals surface area (Å²) in [6.45, 7) is 1.65. The highest BCUT2D eigenvalue weighted by molar-refractivity contribution is 4.87. The van der Waals surface area contributed by atoms with E-state index in [-0.39, 0.29) is 0 Å². The number of rotatable bonds is 3. The summed E-state index contributed by atoms with van der Waals surface area (Å²) < 4.78 is 36.9. The highest BCUT2D eigenvalue weighted by Gasteiger charge is 2.34. The summed E-state index contributed by atoms with van der Waals surface area (Å²) in [6, 6.07) is -0.142. The number of alkyl halides is 3. The van der Waals surface area contributed by atoms with Gasteiger partial charge in [0.25, 0.3) is 0 Å². The molecule has 4 unspecified atom stereocenters. The van der Waals surface area contributed by atoms with Gasteiger partial charge < -0.3 is 5.32 Å². The molecule has 0 heterocycles. The van der Waals surface area contributed by atoms with Crippen molar-refractivity contribution in [2.45, 2.75) is 76.6 Å². The molecule has 0 amide bonds. The number of hydrogen-bond acceptors (Lipinski definition) is 1. The molecule has 1 nitrogen and oxygen atoms in total. The molecule has 0 bridgehead atoms. The van der Waals surface area contributed by atoms with Gasteiger partial charge in [0.2, 0.25) is 0 Å². The van der Waals surface area contributed by atoms with E-state index in [1.165, 1.54) is 32.1 Å². The van der Waals surface area contributed by atoms with Crippen LogP contribution in [0.2, 0.25) is 0 Å². The molecule has 0 aromatic heterocycles. The van der Waals surface area contributed by atoms with Gasteiger partial charge in [0, 0.05) is 12.1 Å². The molecular weight excluding hydrogens is 239 g/mol. The summed E-state index contributed by atoms with van der Waals surface area (Å²) in [5.41, 5.74) is 0. The summed E-state index contributed by atoms with van der Waals surface area (Å²) in [5.74, 6) is 1.62. The van der Waals surface area contributed by atoms with Crippen LogP contribution in [0.15, 0.2) is 0 Å². The van der Waals surface area contributed by atoms with Crippen molar-refractivity contribution in [3.63, 3.8) is 0 Å². The standard InChI is InChI=1S/C14H24F3N/c1-10(9-14(15,16)17)18-13-7-6-11-4-2-3-5-12(11)8-13/h10-13,18H,2-9H2,1H3. The van der Waals surface area contributed by atoms with Gasteiger partial charge in [-0.1, -0.05) is 25.7 Å². The molecule has 2 aliphatic rings. The maximum Gasteiger partial charge on any atom is 0.390 e. The Morgan fingerprint density at radius 1 is 1.06 bits per heavy atom. The molecule has 2 rings (SSSR count). The molecule has 0 aliphatic heterocycles. The number of halogens is 3. The summed E-state index contributed by atoms with van der Waals surface area (Å²) in [4.78, 5) is 0. The monoisotopic (exact) mass is 263 g/mol. The zero-order valence-electron chi connectivity index (χ0n) is 11.1. The van der Waals surface area contributed by atoms with Gasteiger partial charge >= 0.3 is 6.18 Å². The van der Waals surface area contributed by atoms with E-state index in [1.807, 2.05) is 0 Å². The molecule has 2 saturated carbocycles. The van der Waals surface area contributed by atoms with Gasteiger partial charge in [-0.2, -0.15) is 13.2 Å². The van der Waals surface area contributed by atoms with E-state index in [1.54, 1.807) is 6.92 Å². The van der Waals surface area contributed by atoms with E-state index in [0.29, 0.717) is 6.04 Å². The van der Waals surface area contributed by atoms with Crippen molar-refractivity contribution >= 4 is 0 Å². The second kappa shape index (κ2) is 5.81. The first-order valence-electron chi connectivity index (χ1n) is 7.27. The van der Waals surface area contributed by atoms with Crippen LogP contribution in [-0.4, -0.2) is 18.3 Å². The number of fused-ring (bicyclic) bond motifs is 1. The highest BCUT2D eigenvalue weighted by Crippen LogP contribution is 2.40. The lowest BCUT2D eigenvalue weighted by molar-refractivity contribution is -0.139. The van der Waals surface area contributed by atoms with E-state index >= 15 is 0 Å². The van der Waals surface area contributed by atoms with Gasteiger partial charge in [-0.15, -0.1) is 0 Å². The highest BCUT2D eigenvalue weighted by atomic mass is 19.4. The molecular formula is C14H24F3N.